The van der Waals surface area contributed by atoms with Gasteiger partial charge in [-0.05, 0) is 57.4 Å². The Kier molecular flexibility index (Phi) is 7.48. The van der Waals surface area contributed by atoms with E-state index in [0.717, 1.165) is 22.3 Å². The minimum absolute atomic E-state index is 0.0979. The van der Waals surface area contributed by atoms with Crippen molar-refractivity contribution in [3.05, 3.63) is 69.7 Å². The highest BCUT2D eigenvalue weighted by Crippen LogP contribution is 2.34. The summed E-state index contributed by atoms with van der Waals surface area (Å²) >= 11 is 5.99. The van der Waals surface area contributed by atoms with Gasteiger partial charge in [0.05, 0.1) is 13.5 Å². The molecule has 0 bridgehead atoms. The Labute approximate surface area is 200 Å². The van der Waals surface area contributed by atoms with Crippen LogP contribution in [0.5, 0.6) is 0 Å². The highest BCUT2D eigenvalue weighted by molar-refractivity contribution is 6.30. The molecule has 7 heteroatoms. The fraction of sp³-hybridized carbons (Fsp3) is 0.423. The molecule has 1 aliphatic heterocycles. The lowest BCUT2D eigenvalue weighted by atomic mass is 9.83. The van der Waals surface area contributed by atoms with E-state index in [-0.39, 0.29) is 24.8 Å². The van der Waals surface area contributed by atoms with Crippen LogP contribution in [-0.2, 0) is 32.1 Å². The van der Waals surface area contributed by atoms with Crippen molar-refractivity contribution in [3.63, 3.8) is 0 Å². The molecule has 2 amide bonds. The Morgan fingerprint density at radius 3 is 2.21 bits per heavy atom. The molecule has 2 atom stereocenters. The monoisotopic (exact) mass is 470 g/mol. The van der Waals surface area contributed by atoms with Gasteiger partial charge in [-0.1, -0.05) is 53.1 Å². The maximum atomic E-state index is 13.8. The van der Waals surface area contributed by atoms with E-state index in [9.17, 15) is 14.4 Å². The molecule has 1 saturated heterocycles. The number of hydrogen-bond acceptors (Lipinski definition) is 4. The van der Waals surface area contributed by atoms with Crippen molar-refractivity contribution in [1.82, 2.24) is 9.80 Å². The summed E-state index contributed by atoms with van der Waals surface area (Å²) in [6, 6.07) is 12.4. The molecule has 0 spiro atoms. The number of methoxy groups -OCH3 is 1. The SMILES string of the molecule is COC(=O)C(C)N(Cc1ccc(Cl)cc1)C(=O)[C@@]1(C)CCN1C(=O)Cc1cc(C)cc(C)c1. The average molecular weight is 471 g/mol. The van der Waals surface area contributed by atoms with E-state index in [1.54, 1.807) is 30.9 Å². The van der Waals surface area contributed by atoms with Crippen molar-refractivity contribution < 1.29 is 19.1 Å². The summed E-state index contributed by atoms with van der Waals surface area (Å²) < 4.78 is 4.91. The van der Waals surface area contributed by atoms with Crippen LogP contribution in [-0.4, -0.2) is 52.8 Å². The van der Waals surface area contributed by atoms with Gasteiger partial charge in [-0.3, -0.25) is 9.59 Å². The van der Waals surface area contributed by atoms with Gasteiger partial charge in [-0.25, -0.2) is 4.79 Å². The second kappa shape index (κ2) is 9.96. The fourth-order valence-corrected chi connectivity index (χ4v) is 4.53. The van der Waals surface area contributed by atoms with Gasteiger partial charge in [0.2, 0.25) is 11.8 Å². The minimum Gasteiger partial charge on any atom is -0.467 e. The number of likely N-dealkylation sites (tertiary alicyclic amines) is 1. The van der Waals surface area contributed by atoms with Crippen molar-refractivity contribution in [2.45, 2.75) is 58.7 Å². The molecule has 0 radical (unpaired) electrons. The zero-order chi connectivity index (χ0) is 24.3. The van der Waals surface area contributed by atoms with E-state index >= 15 is 0 Å². The van der Waals surface area contributed by atoms with Gasteiger partial charge in [0.15, 0.2) is 0 Å². The Morgan fingerprint density at radius 1 is 1.09 bits per heavy atom. The van der Waals surface area contributed by atoms with Gasteiger partial charge in [0, 0.05) is 18.1 Å². The van der Waals surface area contributed by atoms with E-state index in [2.05, 4.69) is 6.07 Å². The van der Waals surface area contributed by atoms with Crippen LogP contribution in [0.3, 0.4) is 0 Å². The van der Waals surface area contributed by atoms with Crippen molar-refractivity contribution in [3.8, 4) is 0 Å². The first-order valence-corrected chi connectivity index (χ1v) is 11.4. The lowest BCUT2D eigenvalue weighted by molar-refractivity contribution is -0.169. The van der Waals surface area contributed by atoms with Crippen LogP contribution >= 0.6 is 11.6 Å². The Morgan fingerprint density at radius 2 is 1.70 bits per heavy atom. The predicted octanol–water partition coefficient (Wildman–Crippen LogP) is 4.08. The van der Waals surface area contributed by atoms with Crippen LogP contribution in [0.2, 0.25) is 5.02 Å². The summed E-state index contributed by atoms with van der Waals surface area (Å²) in [5.74, 6) is -0.872. The van der Waals surface area contributed by atoms with Gasteiger partial charge >= 0.3 is 5.97 Å². The van der Waals surface area contributed by atoms with E-state index in [4.69, 9.17) is 16.3 Å². The number of aryl methyl sites for hydroxylation is 2. The Balaban J connectivity index is 1.83. The summed E-state index contributed by atoms with van der Waals surface area (Å²) in [7, 11) is 1.30. The van der Waals surface area contributed by atoms with Gasteiger partial charge < -0.3 is 14.5 Å². The lowest BCUT2D eigenvalue weighted by Gasteiger charge is -2.51. The van der Waals surface area contributed by atoms with Gasteiger partial charge in [0.25, 0.3) is 0 Å². The van der Waals surface area contributed by atoms with E-state index in [1.165, 1.54) is 12.0 Å². The second-order valence-corrected chi connectivity index (χ2v) is 9.44. The number of esters is 1. The number of benzene rings is 2. The third kappa shape index (κ3) is 5.38. The number of carbonyl (C=O) groups is 3. The number of hydrogen-bond donors (Lipinski definition) is 0. The standard InChI is InChI=1S/C26H31ClN2O4/c1-17-12-18(2)14-21(13-17)15-23(30)29-11-10-26(29,4)25(32)28(19(3)24(31)33-5)16-20-6-8-22(27)9-7-20/h6-9,12-14,19H,10-11,15-16H2,1-5H3/t19?,26-/m1/s1. The van der Waals surface area contributed by atoms with Gasteiger partial charge in [-0.15, -0.1) is 0 Å². The summed E-state index contributed by atoms with van der Waals surface area (Å²) in [5, 5.41) is 0.590. The smallest absolute Gasteiger partial charge is 0.328 e. The molecule has 0 aliphatic carbocycles. The minimum atomic E-state index is -1.01. The molecule has 1 heterocycles. The maximum Gasteiger partial charge on any atom is 0.328 e. The average Bonchev–Trinajstić information content (AvgIpc) is 2.75. The topological polar surface area (TPSA) is 66.9 Å². The molecule has 0 saturated carbocycles. The molecule has 1 aliphatic rings. The molecule has 2 aromatic carbocycles. The molecule has 176 valence electrons. The Bertz CT molecular complexity index is 1030. The van der Waals surface area contributed by atoms with Crippen LogP contribution in [0.1, 0.15) is 42.5 Å². The highest BCUT2D eigenvalue weighted by Gasteiger charge is 2.52. The van der Waals surface area contributed by atoms with E-state index < -0.39 is 17.6 Å². The molecule has 0 N–H and O–H groups in total. The number of amides is 2. The zero-order valence-electron chi connectivity index (χ0n) is 19.9. The number of nitrogens with zero attached hydrogens (tertiary/aromatic N) is 2. The van der Waals surface area contributed by atoms with E-state index in [0.29, 0.717) is 18.0 Å². The van der Waals surface area contributed by atoms with Crippen LogP contribution in [0.15, 0.2) is 42.5 Å². The first-order valence-electron chi connectivity index (χ1n) is 11.1. The van der Waals surface area contributed by atoms with Gasteiger partial charge in [0.1, 0.15) is 11.6 Å². The van der Waals surface area contributed by atoms with Crippen molar-refractivity contribution in [2.24, 2.45) is 0 Å². The third-order valence-corrected chi connectivity index (χ3v) is 6.61. The molecule has 3 rings (SSSR count). The van der Waals surface area contributed by atoms with Crippen LogP contribution < -0.4 is 0 Å². The lowest BCUT2D eigenvalue weighted by Crippen LogP contribution is -2.69. The van der Waals surface area contributed by atoms with Crippen molar-refractivity contribution >= 4 is 29.4 Å². The van der Waals surface area contributed by atoms with Gasteiger partial charge in [-0.2, -0.15) is 0 Å². The van der Waals surface area contributed by atoms with E-state index in [1.807, 2.05) is 38.1 Å². The summed E-state index contributed by atoms with van der Waals surface area (Å²) in [6.07, 6.45) is 0.768. The number of carbonyl (C=O) groups excluding carboxylic acids is 3. The number of ether oxygens (including phenoxy) is 1. The molecule has 0 aromatic heterocycles. The molecule has 1 fully saturated rings. The maximum absolute atomic E-state index is 13.8. The molecule has 2 aromatic rings. The molecular weight excluding hydrogens is 440 g/mol. The van der Waals surface area contributed by atoms with Crippen LogP contribution in [0, 0.1) is 13.8 Å². The second-order valence-electron chi connectivity index (χ2n) is 9.00. The molecule has 1 unspecified atom stereocenters. The first-order chi connectivity index (χ1) is 15.5. The largest absolute Gasteiger partial charge is 0.467 e. The zero-order valence-corrected chi connectivity index (χ0v) is 20.6. The third-order valence-electron chi connectivity index (χ3n) is 6.35. The summed E-state index contributed by atoms with van der Waals surface area (Å²) in [4.78, 5) is 42.4. The van der Waals surface area contributed by atoms with Crippen molar-refractivity contribution in [1.29, 1.82) is 0 Å². The summed E-state index contributed by atoms with van der Waals surface area (Å²) in [6.45, 7) is 8.14. The fourth-order valence-electron chi connectivity index (χ4n) is 4.40. The number of halogens is 1. The Hall–Kier alpha value is -2.86. The quantitative estimate of drug-likeness (QED) is 0.572. The normalized spacial score (nSPS) is 18.3. The molecular formula is C26H31ClN2O4. The highest BCUT2D eigenvalue weighted by atomic mass is 35.5. The first kappa shape index (κ1) is 24.8. The molecule has 6 nitrogen and oxygen atoms in total. The number of rotatable bonds is 7. The predicted molar refractivity (Wildman–Crippen MR) is 128 cm³/mol. The van der Waals surface area contributed by atoms with Crippen LogP contribution in [0.25, 0.3) is 0 Å². The van der Waals surface area contributed by atoms with Crippen molar-refractivity contribution in [2.75, 3.05) is 13.7 Å². The summed E-state index contributed by atoms with van der Waals surface area (Å²) in [5.41, 5.74) is 2.95. The molecule has 33 heavy (non-hydrogen) atoms. The van der Waals surface area contributed by atoms with Crippen LogP contribution in [0.4, 0.5) is 0 Å².